The van der Waals surface area contributed by atoms with Crippen LogP contribution in [0.15, 0.2) is 27.8 Å². The Hall–Kier alpha value is -3.05. The van der Waals surface area contributed by atoms with Crippen LogP contribution in [0.4, 0.5) is 26.3 Å². The topological polar surface area (TPSA) is 83.5 Å². The van der Waals surface area contributed by atoms with E-state index in [1.165, 1.54) is 6.92 Å². The standard InChI is InChI=1S/C15H10F6N4O2/c1-5(6-2-3-7(8(16)4-6)15(19,20)21)25-12-9(10(24-25)11(17)18)13(26)23-14(27)22-12/h2-5,11H,1H3,(H2,22,23,26,27)/t5-/m0/s1. The van der Waals surface area contributed by atoms with Crippen LogP contribution < -0.4 is 11.2 Å². The Balaban J connectivity index is 2.20. The van der Waals surface area contributed by atoms with E-state index in [4.69, 9.17) is 0 Å². The number of halogens is 6. The van der Waals surface area contributed by atoms with Crippen LogP contribution in [0.2, 0.25) is 0 Å². The molecule has 144 valence electrons. The number of aromatic amines is 2. The lowest BCUT2D eigenvalue weighted by atomic mass is 10.1. The minimum absolute atomic E-state index is 0.0353. The zero-order valence-corrected chi connectivity index (χ0v) is 13.4. The van der Waals surface area contributed by atoms with Crippen LogP contribution in [0, 0.1) is 5.82 Å². The van der Waals surface area contributed by atoms with E-state index in [1.807, 2.05) is 0 Å². The van der Waals surface area contributed by atoms with E-state index in [1.54, 1.807) is 4.98 Å². The number of aromatic nitrogens is 4. The van der Waals surface area contributed by atoms with E-state index in [0.717, 1.165) is 10.7 Å². The van der Waals surface area contributed by atoms with Gasteiger partial charge in [-0.05, 0) is 24.6 Å². The molecular formula is C15H10F6N4O2. The van der Waals surface area contributed by atoms with Gasteiger partial charge in [-0.25, -0.2) is 22.6 Å². The Kier molecular flexibility index (Phi) is 4.36. The molecule has 1 aromatic carbocycles. The second kappa shape index (κ2) is 6.28. The second-order valence-electron chi connectivity index (χ2n) is 5.68. The average Bonchev–Trinajstić information content (AvgIpc) is 2.92. The highest BCUT2D eigenvalue weighted by Crippen LogP contribution is 2.33. The van der Waals surface area contributed by atoms with Gasteiger partial charge in [-0.2, -0.15) is 18.3 Å². The van der Waals surface area contributed by atoms with Crippen molar-refractivity contribution in [3.8, 4) is 0 Å². The molecule has 0 bridgehead atoms. The number of nitrogens with zero attached hydrogens (tertiary/aromatic N) is 2. The number of benzene rings is 1. The molecular weight excluding hydrogens is 382 g/mol. The first-order valence-corrected chi connectivity index (χ1v) is 7.40. The molecule has 3 aromatic rings. The smallest absolute Gasteiger partial charge is 0.291 e. The van der Waals surface area contributed by atoms with Crippen LogP contribution in [0.5, 0.6) is 0 Å². The van der Waals surface area contributed by atoms with E-state index < -0.39 is 52.4 Å². The van der Waals surface area contributed by atoms with Crippen molar-refractivity contribution in [1.29, 1.82) is 0 Å². The fraction of sp³-hybridized carbons (Fsp3) is 0.267. The maximum atomic E-state index is 13.8. The summed E-state index contributed by atoms with van der Waals surface area (Å²) in [6.07, 6.45) is -8.05. The highest BCUT2D eigenvalue weighted by molar-refractivity contribution is 5.77. The molecule has 0 fully saturated rings. The van der Waals surface area contributed by atoms with Crippen molar-refractivity contribution >= 4 is 11.0 Å². The highest BCUT2D eigenvalue weighted by Gasteiger charge is 2.34. The molecule has 2 N–H and O–H groups in total. The van der Waals surface area contributed by atoms with E-state index in [-0.39, 0.29) is 11.2 Å². The normalized spacial score (nSPS) is 13.5. The van der Waals surface area contributed by atoms with Gasteiger partial charge in [0, 0.05) is 0 Å². The maximum Gasteiger partial charge on any atom is 0.419 e. The molecule has 6 nitrogen and oxygen atoms in total. The second-order valence-corrected chi connectivity index (χ2v) is 5.68. The van der Waals surface area contributed by atoms with Crippen molar-refractivity contribution < 1.29 is 26.3 Å². The molecule has 0 aliphatic heterocycles. The quantitative estimate of drug-likeness (QED) is 0.672. The zero-order chi connectivity index (χ0) is 20.1. The van der Waals surface area contributed by atoms with Gasteiger partial charge >= 0.3 is 11.9 Å². The highest BCUT2D eigenvalue weighted by atomic mass is 19.4. The van der Waals surface area contributed by atoms with Gasteiger partial charge in [-0.15, -0.1) is 0 Å². The number of rotatable bonds is 3. The lowest BCUT2D eigenvalue weighted by Gasteiger charge is -2.15. The Labute approximate surface area is 145 Å². The average molecular weight is 392 g/mol. The summed E-state index contributed by atoms with van der Waals surface area (Å²) >= 11 is 0. The Morgan fingerprint density at radius 1 is 1.15 bits per heavy atom. The maximum absolute atomic E-state index is 13.8. The molecule has 1 atom stereocenters. The summed E-state index contributed by atoms with van der Waals surface area (Å²) in [4.78, 5) is 27.3. The number of fused-ring (bicyclic) bond motifs is 1. The molecule has 0 radical (unpaired) electrons. The molecule has 0 spiro atoms. The van der Waals surface area contributed by atoms with Gasteiger partial charge in [0.1, 0.15) is 22.5 Å². The number of alkyl halides is 5. The lowest BCUT2D eigenvalue weighted by molar-refractivity contribution is -0.140. The fourth-order valence-corrected chi connectivity index (χ4v) is 2.70. The first-order chi connectivity index (χ1) is 12.5. The van der Waals surface area contributed by atoms with Gasteiger partial charge < -0.3 is 0 Å². The van der Waals surface area contributed by atoms with E-state index in [0.29, 0.717) is 12.1 Å². The van der Waals surface area contributed by atoms with Crippen LogP contribution in [-0.4, -0.2) is 19.7 Å². The van der Waals surface area contributed by atoms with Crippen molar-refractivity contribution in [2.45, 2.75) is 25.6 Å². The molecule has 0 amide bonds. The van der Waals surface area contributed by atoms with Crippen molar-refractivity contribution in [1.82, 2.24) is 19.7 Å². The van der Waals surface area contributed by atoms with Crippen molar-refractivity contribution in [3.05, 3.63) is 61.7 Å². The fourth-order valence-electron chi connectivity index (χ4n) is 2.70. The first-order valence-electron chi connectivity index (χ1n) is 7.40. The first kappa shape index (κ1) is 18.7. The summed E-state index contributed by atoms with van der Waals surface area (Å²) in [6, 6.07) is 0.997. The predicted molar refractivity (Wildman–Crippen MR) is 81.1 cm³/mol. The summed E-state index contributed by atoms with van der Waals surface area (Å²) in [6.45, 7) is 1.34. The summed E-state index contributed by atoms with van der Waals surface area (Å²) in [5.74, 6) is -1.55. The minimum Gasteiger partial charge on any atom is -0.291 e. The van der Waals surface area contributed by atoms with E-state index >= 15 is 0 Å². The van der Waals surface area contributed by atoms with Gasteiger partial charge in [0.05, 0.1) is 11.6 Å². The van der Waals surface area contributed by atoms with E-state index in [9.17, 15) is 35.9 Å². The van der Waals surface area contributed by atoms with Crippen LogP contribution in [0.1, 0.15) is 36.2 Å². The van der Waals surface area contributed by atoms with Gasteiger partial charge in [-0.3, -0.25) is 14.8 Å². The molecule has 0 aliphatic rings. The van der Waals surface area contributed by atoms with Crippen molar-refractivity contribution in [3.63, 3.8) is 0 Å². The summed E-state index contributed by atoms with van der Waals surface area (Å²) in [5.41, 5.74) is -4.87. The summed E-state index contributed by atoms with van der Waals surface area (Å²) in [5, 5.41) is 3.03. The number of nitrogens with one attached hydrogen (secondary N) is 2. The van der Waals surface area contributed by atoms with Crippen LogP contribution in [-0.2, 0) is 6.18 Å². The van der Waals surface area contributed by atoms with Crippen LogP contribution in [0.3, 0.4) is 0 Å². The predicted octanol–water partition coefficient (Wildman–Crippen LogP) is 3.12. The third-order valence-electron chi connectivity index (χ3n) is 3.98. The van der Waals surface area contributed by atoms with Gasteiger partial charge in [-0.1, -0.05) is 6.07 Å². The third kappa shape index (κ3) is 3.22. The van der Waals surface area contributed by atoms with E-state index in [2.05, 4.69) is 10.1 Å². The lowest BCUT2D eigenvalue weighted by Crippen LogP contribution is -2.23. The number of hydrogen-bond donors (Lipinski definition) is 2. The Bertz CT molecular complexity index is 1130. The molecule has 27 heavy (non-hydrogen) atoms. The molecule has 0 unspecified atom stereocenters. The van der Waals surface area contributed by atoms with Crippen molar-refractivity contribution in [2.75, 3.05) is 0 Å². The molecule has 0 saturated carbocycles. The minimum atomic E-state index is -4.90. The SMILES string of the molecule is C[C@@H](c1ccc(C(F)(F)F)c(F)c1)n1nc(C(F)F)c2c(=O)[nH]c(=O)[nH]c21. The van der Waals surface area contributed by atoms with Gasteiger partial charge in [0.15, 0.2) is 0 Å². The number of H-pyrrole nitrogens is 2. The molecule has 3 rings (SSSR count). The Morgan fingerprint density at radius 3 is 2.37 bits per heavy atom. The summed E-state index contributed by atoms with van der Waals surface area (Å²) in [7, 11) is 0. The van der Waals surface area contributed by atoms with Gasteiger partial charge in [0.25, 0.3) is 12.0 Å². The zero-order valence-electron chi connectivity index (χ0n) is 13.4. The summed E-state index contributed by atoms with van der Waals surface area (Å²) < 4.78 is 79.1. The molecule has 2 heterocycles. The molecule has 0 saturated heterocycles. The van der Waals surface area contributed by atoms with Gasteiger partial charge in [0.2, 0.25) is 0 Å². The Morgan fingerprint density at radius 2 is 1.81 bits per heavy atom. The molecule has 2 aromatic heterocycles. The van der Waals surface area contributed by atoms with Crippen LogP contribution >= 0.6 is 0 Å². The third-order valence-corrected chi connectivity index (χ3v) is 3.98. The van der Waals surface area contributed by atoms with Crippen LogP contribution in [0.25, 0.3) is 11.0 Å². The van der Waals surface area contributed by atoms with Crippen molar-refractivity contribution in [2.24, 2.45) is 0 Å². The largest absolute Gasteiger partial charge is 0.419 e. The molecule has 12 heteroatoms. The monoisotopic (exact) mass is 392 g/mol. The molecule has 0 aliphatic carbocycles. The number of hydrogen-bond acceptors (Lipinski definition) is 3.